The maximum absolute atomic E-state index is 13.5. The average molecular weight is 399 g/mol. The number of hydrogen-bond donors (Lipinski definition) is 2. The summed E-state index contributed by atoms with van der Waals surface area (Å²) >= 11 is 0. The van der Waals surface area contributed by atoms with E-state index in [0.717, 1.165) is 31.9 Å². The summed E-state index contributed by atoms with van der Waals surface area (Å²) in [5.74, 6) is -0.168. The number of aliphatic hydroxyl groups excluding tert-OH is 1. The molecule has 1 fully saturated rings. The van der Waals surface area contributed by atoms with Gasteiger partial charge in [-0.15, -0.1) is 0 Å². The van der Waals surface area contributed by atoms with Crippen LogP contribution in [0.4, 0.5) is 21.6 Å². The van der Waals surface area contributed by atoms with Gasteiger partial charge in [-0.2, -0.15) is 0 Å². The van der Waals surface area contributed by atoms with E-state index in [4.69, 9.17) is 0 Å². The van der Waals surface area contributed by atoms with Crippen LogP contribution in [0.5, 0.6) is 0 Å². The van der Waals surface area contributed by atoms with Gasteiger partial charge in [0.1, 0.15) is 17.3 Å². The van der Waals surface area contributed by atoms with Gasteiger partial charge < -0.3 is 20.2 Å². The molecule has 29 heavy (non-hydrogen) atoms. The molecule has 4 rings (SSSR count). The number of hydrogen-bond acceptors (Lipinski definition) is 6. The topological polar surface area (TPSA) is 73.1 Å². The first-order valence-electron chi connectivity index (χ1n) is 9.17. The Bertz CT molecular complexity index is 1060. The van der Waals surface area contributed by atoms with E-state index in [1.54, 1.807) is 18.3 Å². The summed E-state index contributed by atoms with van der Waals surface area (Å²) in [6.45, 7) is 3.29. The maximum atomic E-state index is 13.5. The third-order valence-electron chi connectivity index (χ3n) is 5.02. The standard InChI is InChI=1S/C20H22FN5O2.CH4/c1-24-7-9-25(10-8-24)16-5-6-26-18(12-16)23-19(17(13-27)20(26)28)22-15-4-2-3-14(21)11-15;/h2-6,11-12,22,27H,7-10,13H2,1H3;1H4. The number of pyridine rings is 1. The lowest BCUT2D eigenvalue weighted by atomic mass is 10.2. The van der Waals surface area contributed by atoms with Crippen LogP contribution in [0.3, 0.4) is 0 Å². The van der Waals surface area contributed by atoms with E-state index in [1.165, 1.54) is 16.5 Å². The SMILES string of the molecule is C.CN1CCN(c2ccn3c(=O)c(CO)c(Nc4cccc(F)c4)nc3c2)CC1. The van der Waals surface area contributed by atoms with Crippen LogP contribution in [0, 0.1) is 5.82 Å². The van der Waals surface area contributed by atoms with E-state index in [0.29, 0.717) is 11.3 Å². The molecule has 0 unspecified atom stereocenters. The molecule has 0 bridgehead atoms. The van der Waals surface area contributed by atoms with E-state index in [2.05, 4.69) is 27.1 Å². The lowest BCUT2D eigenvalue weighted by Crippen LogP contribution is -2.44. The van der Waals surface area contributed by atoms with Crippen molar-refractivity contribution in [3.05, 3.63) is 64.3 Å². The van der Waals surface area contributed by atoms with Gasteiger partial charge in [0.15, 0.2) is 0 Å². The smallest absolute Gasteiger partial charge is 0.265 e. The van der Waals surface area contributed by atoms with Gasteiger partial charge >= 0.3 is 0 Å². The van der Waals surface area contributed by atoms with Gasteiger partial charge in [-0.3, -0.25) is 9.20 Å². The zero-order chi connectivity index (χ0) is 19.7. The number of rotatable bonds is 4. The normalized spacial score (nSPS) is 14.7. The Morgan fingerprint density at radius 3 is 2.62 bits per heavy atom. The van der Waals surface area contributed by atoms with Crippen molar-refractivity contribution in [3.63, 3.8) is 0 Å². The number of likely N-dealkylation sites (N-methyl/N-ethyl adjacent to an activating group) is 1. The molecule has 154 valence electrons. The third kappa shape index (κ3) is 4.23. The monoisotopic (exact) mass is 399 g/mol. The van der Waals surface area contributed by atoms with Gasteiger partial charge in [-0.1, -0.05) is 13.5 Å². The minimum atomic E-state index is -0.466. The molecule has 2 N–H and O–H groups in total. The van der Waals surface area contributed by atoms with Crippen molar-refractivity contribution in [3.8, 4) is 0 Å². The maximum Gasteiger partial charge on any atom is 0.265 e. The van der Waals surface area contributed by atoms with Crippen molar-refractivity contribution in [1.29, 1.82) is 0 Å². The molecule has 7 nitrogen and oxygen atoms in total. The number of fused-ring (bicyclic) bond motifs is 1. The molecule has 8 heteroatoms. The largest absolute Gasteiger partial charge is 0.391 e. The molecule has 1 aliphatic heterocycles. The summed E-state index contributed by atoms with van der Waals surface area (Å²) in [5, 5.41) is 12.7. The Labute approximate surface area is 169 Å². The zero-order valence-electron chi connectivity index (χ0n) is 15.6. The first kappa shape index (κ1) is 20.8. The Hall–Kier alpha value is -2.97. The van der Waals surface area contributed by atoms with Gasteiger partial charge in [-0.05, 0) is 31.3 Å². The highest BCUT2D eigenvalue weighted by Crippen LogP contribution is 2.21. The lowest BCUT2D eigenvalue weighted by Gasteiger charge is -2.34. The van der Waals surface area contributed by atoms with Crippen molar-refractivity contribution in [1.82, 2.24) is 14.3 Å². The van der Waals surface area contributed by atoms with E-state index in [-0.39, 0.29) is 24.4 Å². The number of piperazine rings is 1. The lowest BCUT2D eigenvalue weighted by molar-refractivity contribution is 0.280. The summed E-state index contributed by atoms with van der Waals surface area (Å²) in [7, 11) is 2.10. The van der Waals surface area contributed by atoms with Crippen LogP contribution in [-0.2, 0) is 6.61 Å². The highest BCUT2D eigenvalue weighted by molar-refractivity contribution is 5.64. The molecule has 0 radical (unpaired) electrons. The number of aliphatic hydroxyl groups is 1. The fourth-order valence-electron chi connectivity index (χ4n) is 3.37. The molecule has 3 aromatic rings. The highest BCUT2D eigenvalue weighted by atomic mass is 19.1. The van der Waals surface area contributed by atoms with E-state index in [1.807, 2.05) is 12.1 Å². The molecule has 1 saturated heterocycles. The molecule has 0 saturated carbocycles. The van der Waals surface area contributed by atoms with Crippen LogP contribution in [0.2, 0.25) is 0 Å². The molecule has 1 aliphatic rings. The van der Waals surface area contributed by atoms with Gasteiger partial charge in [0.2, 0.25) is 0 Å². The molecule has 0 atom stereocenters. The average Bonchev–Trinajstić information content (AvgIpc) is 2.68. The van der Waals surface area contributed by atoms with Crippen LogP contribution < -0.4 is 15.8 Å². The Morgan fingerprint density at radius 2 is 1.93 bits per heavy atom. The minimum Gasteiger partial charge on any atom is -0.391 e. The summed E-state index contributed by atoms with van der Waals surface area (Å²) in [4.78, 5) is 21.9. The van der Waals surface area contributed by atoms with Crippen LogP contribution >= 0.6 is 0 Å². The molecular formula is C21H26FN5O2. The molecule has 2 aromatic heterocycles. The van der Waals surface area contributed by atoms with Crippen molar-refractivity contribution in [2.24, 2.45) is 0 Å². The van der Waals surface area contributed by atoms with Crippen LogP contribution in [0.25, 0.3) is 5.65 Å². The van der Waals surface area contributed by atoms with Crippen molar-refractivity contribution in [2.45, 2.75) is 14.0 Å². The third-order valence-corrected chi connectivity index (χ3v) is 5.02. The van der Waals surface area contributed by atoms with Gasteiger partial charge in [0.25, 0.3) is 5.56 Å². The fourth-order valence-corrected chi connectivity index (χ4v) is 3.37. The van der Waals surface area contributed by atoms with E-state index < -0.39 is 12.4 Å². The predicted molar refractivity (Wildman–Crippen MR) is 114 cm³/mol. The predicted octanol–water partition coefficient (Wildman–Crippen LogP) is 2.46. The van der Waals surface area contributed by atoms with Gasteiger partial charge in [0, 0.05) is 49.8 Å². The summed E-state index contributed by atoms with van der Waals surface area (Å²) in [6, 6.07) is 9.64. The van der Waals surface area contributed by atoms with Crippen molar-refractivity contribution < 1.29 is 9.50 Å². The first-order valence-corrected chi connectivity index (χ1v) is 9.17. The second-order valence-electron chi connectivity index (χ2n) is 6.94. The number of halogens is 1. The number of anilines is 3. The van der Waals surface area contributed by atoms with Crippen molar-refractivity contribution >= 4 is 22.8 Å². The van der Waals surface area contributed by atoms with E-state index in [9.17, 15) is 14.3 Å². The second kappa shape index (κ2) is 8.59. The molecule has 0 aliphatic carbocycles. The number of benzene rings is 1. The van der Waals surface area contributed by atoms with Gasteiger partial charge in [-0.25, -0.2) is 9.37 Å². The Balaban J connectivity index is 0.00000240. The number of nitrogens with one attached hydrogen (secondary N) is 1. The van der Waals surface area contributed by atoms with E-state index >= 15 is 0 Å². The molecule has 0 amide bonds. The minimum absolute atomic E-state index is 0. The summed E-state index contributed by atoms with van der Waals surface area (Å²) < 4.78 is 14.9. The van der Waals surface area contributed by atoms with Crippen molar-refractivity contribution in [2.75, 3.05) is 43.4 Å². The van der Waals surface area contributed by atoms with Crippen LogP contribution in [-0.4, -0.2) is 52.6 Å². The first-order chi connectivity index (χ1) is 13.5. The summed E-state index contributed by atoms with van der Waals surface area (Å²) in [5.41, 5.74) is 1.71. The number of aromatic nitrogens is 2. The fraction of sp³-hybridized carbons (Fsp3) is 0.333. The number of nitrogens with zero attached hydrogens (tertiary/aromatic N) is 4. The van der Waals surface area contributed by atoms with Crippen LogP contribution in [0.1, 0.15) is 13.0 Å². The quantitative estimate of drug-likeness (QED) is 0.702. The molecule has 0 spiro atoms. The zero-order valence-corrected chi connectivity index (χ0v) is 15.6. The second-order valence-corrected chi connectivity index (χ2v) is 6.94. The Kier molecular flexibility index (Phi) is 6.14. The molecule has 1 aromatic carbocycles. The highest BCUT2D eigenvalue weighted by Gasteiger charge is 2.17. The van der Waals surface area contributed by atoms with Gasteiger partial charge in [0.05, 0.1) is 12.2 Å². The molecule has 3 heterocycles. The summed E-state index contributed by atoms with van der Waals surface area (Å²) in [6.07, 6.45) is 1.68. The molecular weight excluding hydrogens is 373 g/mol. The Morgan fingerprint density at radius 1 is 1.17 bits per heavy atom. The van der Waals surface area contributed by atoms with Crippen LogP contribution in [0.15, 0.2) is 47.4 Å².